The molecule has 0 saturated carbocycles. The summed E-state index contributed by atoms with van der Waals surface area (Å²) in [6, 6.07) is 11.9. The molecule has 0 spiro atoms. The molecule has 0 radical (unpaired) electrons. The molecule has 0 aromatic heterocycles. The fourth-order valence-electron chi connectivity index (χ4n) is 2.66. The molecule has 1 aliphatic heterocycles. The number of hydrogen-bond donors (Lipinski definition) is 1. The van der Waals surface area contributed by atoms with Gasteiger partial charge in [0.1, 0.15) is 11.6 Å². The van der Waals surface area contributed by atoms with Crippen LogP contribution in [0.4, 0.5) is 15.8 Å². The lowest BCUT2D eigenvalue weighted by atomic mass is 10.2. The largest absolute Gasteiger partial charge is 0.483 e. The van der Waals surface area contributed by atoms with Gasteiger partial charge in [-0.2, -0.15) is 0 Å². The number of hydrogen-bond acceptors (Lipinski definition) is 3. The Balaban J connectivity index is 1.52. The van der Waals surface area contributed by atoms with E-state index in [0.29, 0.717) is 10.2 Å². The molecule has 1 fully saturated rings. The standard InChI is InChI=1S/C18H18BrFN2O2/c19-16-11-13(20)3-8-17(16)24-12-18(23)21-14-4-6-15(7-5-14)22-9-1-2-10-22/h3-8,11H,1-2,9-10,12H2,(H,21,23). The summed E-state index contributed by atoms with van der Waals surface area (Å²) < 4.78 is 18.9. The van der Waals surface area contributed by atoms with Gasteiger partial charge in [0.05, 0.1) is 4.47 Å². The van der Waals surface area contributed by atoms with E-state index in [1.807, 2.05) is 24.3 Å². The van der Waals surface area contributed by atoms with Crippen LogP contribution >= 0.6 is 15.9 Å². The molecule has 0 unspecified atom stereocenters. The maximum Gasteiger partial charge on any atom is 0.262 e. The summed E-state index contributed by atoms with van der Waals surface area (Å²) >= 11 is 3.20. The van der Waals surface area contributed by atoms with Crippen LogP contribution in [0.5, 0.6) is 5.75 Å². The molecular weight excluding hydrogens is 375 g/mol. The molecule has 24 heavy (non-hydrogen) atoms. The number of nitrogens with one attached hydrogen (secondary N) is 1. The number of benzene rings is 2. The molecule has 126 valence electrons. The number of nitrogens with zero attached hydrogens (tertiary/aromatic N) is 1. The minimum atomic E-state index is -0.364. The summed E-state index contributed by atoms with van der Waals surface area (Å²) in [5.41, 5.74) is 1.90. The van der Waals surface area contributed by atoms with E-state index in [-0.39, 0.29) is 18.3 Å². The van der Waals surface area contributed by atoms with E-state index in [0.717, 1.165) is 18.8 Å². The van der Waals surface area contributed by atoms with Gasteiger partial charge in [0.25, 0.3) is 5.91 Å². The van der Waals surface area contributed by atoms with E-state index >= 15 is 0 Å². The number of halogens is 2. The van der Waals surface area contributed by atoms with Crippen molar-refractivity contribution in [3.8, 4) is 5.75 Å². The summed E-state index contributed by atoms with van der Waals surface area (Å²) in [4.78, 5) is 14.3. The SMILES string of the molecule is O=C(COc1ccc(F)cc1Br)Nc1ccc(N2CCCC2)cc1. The zero-order valence-corrected chi connectivity index (χ0v) is 14.7. The lowest BCUT2D eigenvalue weighted by Crippen LogP contribution is -2.20. The Morgan fingerprint density at radius 3 is 2.54 bits per heavy atom. The molecule has 6 heteroatoms. The van der Waals surface area contributed by atoms with Crippen molar-refractivity contribution in [2.75, 3.05) is 29.9 Å². The molecule has 4 nitrogen and oxygen atoms in total. The maximum atomic E-state index is 13.0. The zero-order chi connectivity index (χ0) is 16.9. The number of amides is 1. The number of carbonyl (C=O) groups excluding carboxylic acids is 1. The van der Waals surface area contributed by atoms with Gasteiger partial charge in [-0.25, -0.2) is 4.39 Å². The van der Waals surface area contributed by atoms with Crippen LogP contribution in [0.1, 0.15) is 12.8 Å². The van der Waals surface area contributed by atoms with Crippen molar-refractivity contribution in [2.24, 2.45) is 0 Å². The highest BCUT2D eigenvalue weighted by atomic mass is 79.9. The molecule has 1 aliphatic rings. The van der Waals surface area contributed by atoms with Gasteiger partial charge in [-0.05, 0) is 71.2 Å². The van der Waals surface area contributed by atoms with Gasteiger partial charge in [0.2, 0.25) is 0 Å². The normalized spacial score (nSPS) is 13.8. The van der Waals surface area contributed by atoms with Crippen molar-refractivity contribution < 1.29 is 13.9 Å². The Bertz CT molecular complexity index is 715. The molecule has 1 N–H and O–H groups in total. The van der Waals surface area contributed by atoms with Crippen molar-refractivity contribution in [3.63, 3.8) is 0 Å². The molecule has 1 amide bonds. The first-order chi connectivity index (χ1) is 11.6. The average Bonchev–Trinajstić information content (AvgIpc) is 3.09. The second kappa shape index (κ2) is 7.66. The first-order valence-corrected chi connectivity index (χ1v) is 8.64. The Morgan fingerprint density at radius 1 is 1.17 bits per heavy atom. The van der Waals surface area contributed by atoms with Crippen LogP contribution in [0.2, 0.25) is 0 Å². The second-order valence-corrected chi connectivity index (χ2v) is 6.51. The van der Waals surface area contributed by atoms with Crippen LogP contribution in [0.15, 0.2) is 46.9 Å². The average molecular weight is 393 g/mol. The van der Waals surface area contributed by atoms with Gasteiger partial charge < -0.3 is 15.0 Å². The third-order valence-electron chi connectivity index (χ3n) is 3.87. The van der Waals surface area contributed by atoms with Crippen molar-refractivity contribution in [2.45, 2.75) is 12.8 Å². The Morgan fingerprint density at radius 2 is 1.88 bits per heavy atom. The topological polar surface area (TPSA) is 41.6 Å². The van der Waals surface area contributed by atoms with Crippen LogP contribution in [-0.2, 0) is 4.79 Å². The zero-order valence-electron chi connectivity index (χ0n) is 13.1. The highest BCUT2D eigenvalue weighted by Gasteiger charge is 2.12. The van der Waals surface area contributed by atoms with Crippen LogP contribution in [0, 0.1) is 5.82 Å². The Labute approximate surface area is 148 Å². The Kier molecular flexibility index (Phi) is 5.35. The molecule has 2 aromatic rings. The van der Waals surface area contributed by atoms with E-state index in [2.05, 4.69) is 26.1 Å². The summed E-state index contributed by atoms with van der Waals surface area (Å²) in [7, 11) is 0. The van der Waals surface area contributed by atoms with Gasteiger partial charge in [-0.15, -0.1) is 0 Å². The van der Waals surface area contributed by atoms with Gasteiger partial charge in [-0.1, -0.05) is 0 Å². The summed E-state index contributed by atoms with van der Waals surface area (Å²) in [6.07, 6.45) is 2.46. The lowest BCUT2D eigenvalue weighted by molar-refractivity contribution is -0.118. The maximum absolute atomic E-state index is 13.0. The monoisotopic (exact) mass is 392 g/mol. The van der Waals surface area contributed by atoms with Crippen molar-refractivity contribution in [1.82, 2.24) is 0 Å². The van der Waals surface area contributed by atoms with Crippen LogP contribution in [0.25, 0.3) is 0 Å². The molecule has 1 saturated heterocycles. The molecule has 0 aliphatic carbocycles. The minimum absolute atomic E-state index is 0.141. The first kappa shape index (κ1) is 16.8. The number of carbonyl (C=O) groups is 1. The van der Waals surface area contributed by atoms with E-state index < -0.39 is 0 Å². The third-order valence-corrected chi connectivity index (χ3v) is 4.49. The van der Waals surface area contributed by atoms with Gasteiger partial charge in [0, 0.05) is 24.5 Å². The smallest absolute Gasteiger partial charge is 0.262 e. The van der Waals surface area contributed by atoms with E-state index in [1.54, 1.807) is 0 Å². The van der Waals surface area contributed by atoms with Crippen LogP contribution in [-0.4, -0.2) is 25.6 Å². The molecule has 2 aromatic carbocycles. The van der Waals surface area contributed by atoms with Crippen LogP contribution < -0.4 is 15.0 Å². The quantitative estimate of drug-likeness (QED) is 0.828. The molecular formula is C18H18BrFN2O2. The molecule has 3 rings (SSSR count). The fraction of sp³-hybridized carbons (Fsp3) is 0.278. The first-order valence-electron chi connectivity index (χ1n) is 7.84. The van der Waals surface area contributed by atoms with Gasteiger partial charge in [-0.3, -0.25) is 4.79 Å². The van der Waals surface area contributed by atoms with Gasteiger partial charge in [0.15, 0.2) is 6.61 Å². The van der Waals surface area contributed by atoms with E-state index in [4.69, 9.17) is 4.74 Å². The molecule has 1 heterocycles. The number of rotatable bonds is 5. The fourth-order valence-corrected chi connectivity index (χ4v) is 3.13. The van der Waals surface area contributed by atoms with Gasteiger partial charge >= 0.3 is 0 Å². The summed E-state index contributed by atoms with van der Waals surface area (Å²) in [6.45, 7) is 2.04. The number of anilines is 2. The number of ether oxygens (including phenoxy) is 1. The predicted molar refractivity (Wildman–Crippen MR) is 96.1 cm³/mol. The summed E-state index contributed by atoms with van der Waals surface area (Å²) in [5, 5.41) is 2.79. The highest BCUT2D eigenvalue weighted by Crippen LogP contribution is 2.25. The van der Waals surface area contributed by atoms with E-state index in [1.165, 1.54) is 36.7 Å². The summed E-state index contributed by atoms with van der Waals surface area (Å²) in [5.74, 6) is -0.201. The molecule has 0 bridgehead atoms. The molecule has 0 atom stereocenters. The Hall–Kier alpha value is -2.08. The van der Waals surface area contributed by atoms with Crippen molar-refractivity contribution >= 4 is 33.2 Å². The van der Waals surface area contributed by atoms with E-state index in [9.17, 15) is 9.18 Å². The predicted octanol–water partition coefficient (Wildman–Crippen LogP) is 4.21. The second-order valence-electron chi connectivity index (χ2n) is 5.65. The van der Waals surface area contributed by atoms with Crippen molar-refractivity contribution in [3.05, 3.63) is 52.8 Å². The van der Waals surface area contributed by atoms with Crippen molar-refractivity contribution in [1.29, 1.82) is 0 Å². The van der Waals surface area contributed by atoms with Crippen LogP contribution in [0.3, 0.4) is 0 Å². The third kappa shape index (κ3) is 4.26. The minimum Gasteiger partial charge on any atom is -0.483 e. The lowest BCUT2D eigenvalue weighted by Gasteiger charge is -2.17. The highest BCUT2D eigenvalue weighted by molar-refractivity contribution is 9.10.